The molecule has 0 saturated carbocycles. The van der Waals surface area contributed by atoms with Gasteiger partial charge in [-0.2, -0.15) is 4.31 Å². The number of nitrogens with zero attached hydrogens (tertiary/aromatic N) is 3. The van der Waals surface area contributed by atoms with Crippen molar-refractivity contribution in [3.8, 4) is 17.1 Å². The van der Waals surface area contributed by atoms with Crippen LogP contribution in [0.1, 0.15) is 24.3 Å². The number of amides is 1. The zero-order chi connectivity index (χ0) is 23.4. The van der Waals surface area contributed by atoms with Gasteiger partial charge in [0.2, 0.25) is 10.0 Å². The van der Waals surface area contributed by atoms with Gasteiger partial charge in [-0.15, -0.1) is 0 Å². The van der Waals surface area contributed by atoms with Gasteiger partial charge in [-0.05, 0) is 44.2 Å². The Morgan fingerprint density at radius 2 is 1.97 bits per heavy atom. The monoisotopic (exact) mass is 472 g/mol. The van der Waals surface area contributed by atoms with Crippen LogP contribution < -0.4 is 10.1 Å². The van der Waals surface area contributed by atoms with Crippen LogP contribution in [0.3, 0.4) is 0 Å². The number of pyridine rings is 1. The molecule has 1 aromatic carbocycles. The Morgan fingerprint density at radius 3 is 2.67 bits per heavy atom. The first-order valence-electron chi connectivity index (χ1n) is 10.4. The predicted octanol–water partition coefficient (Wildman–Crippen LogP) is 2.80. The highest BCUT2D eigenvalue weighted by molar-refractivity contribution is 7.89. The molecule has 11 heteroatoms. The molecule has 4 rings (SSSR count). The van der Waals surface area contributed by atoms with Crippen molar-refractivity contribution in [1.82, 2.24) is 14.4 Å². The zero-order valence-electron chi connectivity index (χ0n) is 18.2. The largest absolute Gasteiger partial charge is 0.489 e. The number of morpholine rings is 1. The average molecular weight is 473 g/mol. The molecular weight excluding hydrogens is 448 g/mol. The molecule has 1 aliphatic heterocycles. The summed E-state index contributed by atoms with van der Waals surface area (Å²) in [6, 6.07) is 9.41. The van der Waals surface area contributed by atoms with Crippen LogP contribution in [0, 0.1) is 0 Å². The first-order chi connectivity index (χ1) is 15.8. The molecule has 0 radical (unpaired) electrons. The SMILES string of the molecule is CC(C)Oc1ccc(S(=O)(=O)N2CCOCC2)cc1NC(=O)c1cc(-c2cccnc2)on1. The summed E-state index contributed by atoms with van der Waals surface area (Å²) in [7, 11) is -3.76. The molecule has 0 aliphatic carbocycles. The van der Waals surface area contributed by atoms with Gasteiger partial charge in [0, 0.05) is 37.1 Å². The van der Waals surface area contributed by atoms with E-state index in [2.05, 4.69) is 15.5 Å². The van der Waals surface area contributed by atoms with Crippen molar-refractivity contribution in [2.75, 3.05) is 31.6 Å². The lowest BCUT2D eigenvalue weighted by Crippen LogP contribution is -2.40. The Balaban J connectivity index is 1.62. The lowest BCUT2D eigenvalue weighted by atomic mass is 10.2. The summed E-state index contributed by atoms with van der Waals surface area (Å²) < 4.78 is 43.8. The van der Waals surface area contributed by atoms with E-state index in [1.165, 1.54) is 28.6 Å². The molecule has 0 unspecified atom stereocenters. The summed E-state index contributed by atoms with van der Waals surface area (Å²) >= 11 is 0. The fourth-order valence-corrected chi connectivity index (χ4v) is 4.71. The Bertz CT molecular complexity index is 1220. The van der Waals surface area contributed by atoms with Crippen molar-refractivity contribution in [3.05, 3.63) is 54.5 Å². The first kappa shape index (κ1) is 22.9. The number of ether oxygens (including phenoxy) is 2. The molecule has 3 heterocycles. The Kier molecular flexibility index (Phi) is 6.72. The summed E-state index contributed by atoms with van der Waals surface area (Å²) in [6.45, 7) is 4.88. The summed E-state index contributed by atoms with van der Waals surface area (Å²) in [6.07, 6.45) is 3.03. The summed E-state index contributed by atoms with van der Waals surface area (Å²) in [5.74, 6) is 0.161. The molecule has 1 fully saturated rings. The van der Waals surface area contributed by atoms with Gasteiger partial charge >= 0.3 is 0 Å². The number of nitrogens with one attached hydrogen (secondary N) is 1. The summed E-state index contributed by atoms with van der Waals surface area (Å²) in [5.41, 5.74) is 0.922. The van der Waals surface area contributed by atoms with Crippen LogP contribution in [-0.4, -0.2) is 61.2 Å². The van der Waals surface area contributed by atoms with E-state index in [-0.39, 0.29) is 35.5 Å². The fourth-order valence-electron chi connectivity index (χ4n) is 3.27. The van der Waals surface area contributed by atoms with Gasteiger partial charge in [0.05, 0.1) is 29.9 Å². The van der Waals surface area contributed by atoms with Crippen molar-refractivity contribution >= 4 is 21.6 Å². The summed E-state index contributed by atoms with van der Waals surface area (Å²) in [4.78, 5) is 16.9. The topological polar surface area (TPSA) is 124 Å². The van der Waals surface area contributed by atoms with E-state index in [1.807, 2.05) is 13.8 Å². The molecule has 0 spiro atoms. The van der Waals surface area contributed by atoms with Crippen LogP contribution >= 0.6 is 0 Å². The van der Waals surface area contributed by atoms with Gasteiger partial charge in [0.15, 0.2) is 11.5 Å². The summed E-state index contributed by atoms with van der Waals surface area (Å²) in [5, 5.41) is 6.53. The third-order valence-electron chi connectivity index (χ3n) is 4.86. The van der Waals surface area contributed by atoms with Crippen LogP contribution in [0.4, 0.5) is 5.69 Å². The molecule has 33 heavy (non-hydrogen) atoms. The molecular formula is C22H24N4O6S. The number of sulfonamides is 1. The van der Waals surface area contributed by atoms with E-state index >= 15 is 0 Å². The Labute approximate surface area is 191 Å². The minimum atomic E-state index is -3.76. The normalized spacial score (nSPS) is 14.9. The van der Waals surface area contributed by atoms with Crippen molar-refractivity contribution < 1.29 is 27.2 Å². The van der Waals surface area contributed by atoms with E-state index < -0.39 is 15.9 Å². The number of anilines is 1. The molecule has 1 N–H and O–H groups in total. The molecule has 1 saturated heterocycles. The van der Waals surface area contributed by atoms with Gasteiger partial charge in [0.1, 0.15) is 5.75 Å². The molecule has 1 aliphatic rings. The number of rotatable bonds is 7. The second-order valence-corrected chi connectivity index (χ2v) is 9.55. The average Bonchev–Trinajstić information content (AvgIpc) is 3.31. The van der Waals surface area contributed by atoms with Crippen molar-refractivity contribution in [2.45, 2.75) is 24.8 Å². The highest BCUT2D eigenvalue weighted by Crippen LogP contribution is 2.31. The van der Waals surface area contributed by atoms with E-state index in [0.717, 1.165) is 0 Å². The lowest BCUT2D eigenvalue weighted by Gasteiger charge is -2.26. The number of carbonyl (C=O) groups is 1. The van der Waals surface area contributed by atoms with E-state index in [4.69, 9.17) is 14.0 Å². The molecule has 1 amide bonds. The van der Waals surface area contributed by atoms with Gasteiger partial charge in [-0.25, -0.2) is 8.42 Å². The maximum absolute atomic E-state index is 13.1. The Morgan fingerprint density at radius 1 is 1.18 bits per heavy atom. The van der Waals surface area contributed by atoms with Crippen molar-refractivity contribution in [3.63, 3.8) is 0 Å². The second-order valence-electron chi connectivity index (χ2n) is 7.61. The van der Waals surface area contributed by atoms with Gasteiger partial charge in [0.25, 0.3) is 5.91 Å². The van der Waals surface area contributed by atoms with Crippen LogP contribution in [0.5, 0.6) is 5.75 Å². The van der Waals surface area contributed by atoms with E-state index in [9.17, 15) is 13.2 Å². The minimum Gasteiger partial charge on any atom is -0.489 e. The highest BCUT2D eigenvalue weighted by atomic mass is 32.2. The minimum absolute atomic E-state index is 0.0331. The number of carbonyl (C=O) groups excluding carboxylic acids is 1. The number of hydrogen-bond acceptors (Lipinski definition) is 8. The maximum Gasteiger partial charge on any atom is 0.277 e. The van der Waals surface area contributed by atoms with E-state index in [1.54, 1.807) is 24.5 Å². The zero-order valence-corrected chi connectivity index (χ0v) is 19.0. The van der Waals surface area contributed by atoms with Crippen LogP contribution in [0.2, 0.25) is 0 Å². The molecule has 0 bridgehead atoms. The second kappa shape index (κ2) is 9.69. The Hall–Kier alpha value is -3.28. The fraction of sp³-hybridized carbons (Fsp3) is 0.318. The van der Waals surface area contributed by atoms with Gasteiger partial charge in [-0.1, -0.05) is 5.16 Å². The predicted molar refractivity (Wildman–Crippen MR) is 119 cm³/mol. The highest BCUT2D eigenvalue weighted by Gasteiger charge is 2.28. The smallest absolute Gasteiger partial charge is 0.277 e. The van der Waals surface area contributed by atoms with E-state index in [0.29, 0.717) is 30.3 Å². The lowest BCUT2D eigenvalue weighted by molar-refractivity contribution is 0.0730. The number of aromatic nitrogens is 2. The first-order valence-corrected chi connectivity index (χ1v) is 11.9. The van der Waals surface area contributed by atoms with Gasteiger partial charge < -0.3 is 19.3 Å². The third kappa shape index (κ3) is 5.21. The van der Waals surface area contributed by atoms with Crippen LogP contribution in [-0.2, 0) is 14.8 Å². The van der Waals surface area contributed by atoms with Crippen LogP contribution in [0.25, 0.3) is 11.3 Å². The standard InChI is InChI=1S/C22H24N4O6S/c1-15(2)31-20-6-5-17(33(28,29)26-8-10-30-11-9-26)12-18(20)24-22(27)19-13-21(32-25-19)16-4-3-7-23-14-16/h3-7,12-15H,8-11H2,1-2H3,(H,24,27). The quantitative estimate of drug-likeness (QED) is 0.557. The third-order valence-corrected chi connectivity index (χ3v) is 6.75. The molecule has 0 atom stereocenters. The number of hydrogen-bond donors (Lipinski definition) is 1. The van der Waals surface area contributed by atoms with Crippen molar-refractivity contribution in [1.29, 1.82) is 0 Å². The number of benzene rings is 1. The van der Waals surface area contributed by atoms with Gasteiger partial charge in [-0.3, -0.25) is 9.78 Å². The molecule has 3 aromatic rings. The maximum atomic E-state index is 13.1. The molecule has 2 aromatic heterocycles. The van der Waals surface area contributed by atoms with Crippen molar-refractivity contribution in [2.24, 2.45) is 0 Å². The van der Waals surface area contributed by atoms with Crippen LogP contribution in [0.15, 0.2) is 58.2 Å². The molecule has 10 nitrogen and oxygen atoms in total. The molecule has 174 valence electrons.